The van der Waals surface area contributed by atoms with Crippen LogP contribution in [0.2, 0.25) is 0 Å². The lowest BCUT2D eigenvalue weighted by atomic mass is 9.99. The van der Waals surface area contributed by atoms with E-state index in [0.29, 0.717) is 25.6 Å². The maximum absolute atomic E-state index is 11.9. The second-order valence-electron chi connectivity index (χ2n) is 4.71. The molecule has 0 aliphatic carbocycles. The Morgan fingerprint density at radius 2 is 2.11 bits per heavy atom. The Kier molecular flexibility index (Phi) is 5.34. The molecule has 0 N–H and O–H groups in total. The van der Waals surface area contributed by atoms with E-state index in [9.17, 15) is 4.79 Å². The number of carbonyl (C=O) groups excluding carboxylic acids is 1. The minimum atomic E-state index is -0.303. The highest BCUT2D eigenvalue weighted by Gasteiger charge is 2.30. The lowest BCUT2D eigenvalue weighted by Crippen LogP contribution is -2.45. The molecule has 1 saturated heterocycles. The molecule has 1 aliphatic heterocycles. The number of benzene rings is 1. The van der Waals surface area contributed by atoms with E-state index in [0.717, 1.165) is 12.0 Å². The molecule has 0 spiro atoms. The number of rotatable bonds is 3. The van der Waals surface area contributed by atoms with Crippen LogP contribution in [-0.4, -0.2) is 35.3 Å². The molecule has 2 rings (SSSR count). The Morgan fingerprint density at radius 1 is 1.37 bits per heavy atom. The van der Waals surface area contributed by atoms with Gasteiger partial charge in [0.25, 0.3) is 0 Å². The van der Waals surface area contributed by atoms with Crippen LogP contribution in [0.15, 0.2) is 30.3 Å². The summed E-state index contributed by atoms with van der Waals surface area (Å²) in [7, 11) is 0. The number of nitrogens with zero attached hydrogens (tertiary/aromatic N) is 1. The molecule has 0 radical (unpaired) electrons. The van der Waals surface area contributed by atoms with Crippen LogP contribution in [0.3, 0.4) is 0 Å². The number of ether oxygens (including phenoxy) is 1. The van der Waals surface area contributed by atoms with Crippen molar-refractivity contribution >= 4 is 29.3 Å². The molecule has 1 aliphatic rings. The van der Waals surface area contributed by atoms with Crippen molar-refractivity contribution in [2.75, 3.05) is 19.0 Å². The van der Waals surface area contributed by atoms with E-state index < -0.39 is 0 Å². The van der Waals surface area contributed by atoms with Crippen molar-refractivity contribution in [2.24, 2.45) is 5.92 Å². The summed E-state index contributed by atoms with van der Waals surface area (Å²) in [6.45, 7) is 1.46. The topological polar surface area (TPSA) is 29.5 Å². The number of hydrogen-bond acceptors (Lipinski definition) is 2. The zero-order chi connectivity index (χ0) is 13.7. The Hall–Kier alpha value is -0.930. The van der Waals surface area contributed by atoms with Gasteiger partial charge in [-0.2, -0.15) is 0 Å². The average molecular weight is 302 g/mol. The molecular formula is C14H17Cl2NO2. The van der Waals surface area contributed by atoms with Crippen LogP contribution in [0.5, 0.6) is 0 Å². The van der Waals surface area contributed by atoms with Crippen molar-refractivity contribution in [1.82, 2.24) is 4.90 Å². The van der Waals surface area contributed by atoms with Crippen molar-refractivity contribution in [3.63, 3.8) is 0 Å². The van der Waals surface area contributed by atoms with Crippen LogP contribution in [0.4, 0.5) is 4.79 Å². The molecule has 1 aromatic rings. The third kappa shape index (κ3) is 4.02. The Bertz CT molecular complexity index is 413. The smallest absolute Gasteiger partial charge is 0.410 e. The zero-order valence-electron chi connectivity index (χ0n) is 10.6. The lowest BCUT2D eigenvalue weighted by Gasteiger charge is -2.34. The lowest BCUT2D eigenvalue weighted by molar-refractivity contribution is 0.0848. The summed E-state index contributed by atoms with van der Waals surface area (Å²) in [6, 6.07) is 9.63. The number of carbonyl (C=O) groups is 1. The number of piperidine rings is 1. The molecule has 1 heterocycles. The van der Waals surface area contributed by atoms with Gasteiger partial charge >= 0.3 is 6.09 Å². The standard InChI is InChI=1S/C14H17Cl2NO2/c15-8-12-6-7-17(9-13(12)16)14(18)19-10-11-4-2-1-3-5-11/h1-5,12-13H,6-10H2. The Morgan fingerprint density at radius 3 is 2.74 bits per heavy atom. The summed E-state index contributed by atoms with van der Waals surface area (Å²) < 4.78 is 5.28. The fourth-order valence-corrected chi connectivity index (χ4v) is 2.95. The molecule has 104 valence electrons. The molecule has 0 bridgehead atoms. The summed E-state index contributed by atoms with van der Waals surface area (Å²) >= 11 is 12.0. The summed E-state index contributed by atoms with van der Waals surface area (Å²) in [5, 5.41) is -0.0875. The molecule has 19 heavy (non-hydrogen) atoms. The predicted octanol–water partition coefficient (Wildman–Crippen LogP) is 3.49. The zero-order valence-corrected chi connectivity index (χ0v) is 12.1. The van der Waals surface area contributed by atoms with E-state index in [1.165, 1.54) is 0 Å². The van der Waals surface area contributed by atoms with Crippen molar-refractivity contribution < 1.29 is 9.53 Å². The van der Waals surface area contributed by atoms with Gasteiger partial charge in [-0.1, -0.05) is 30.3 Å². The van der Waals surface area contributed by atoms with Crippen LogP contribution in [-0.2, 0) is 11.3 Å². The van der Waals surface area contributed by atoms with Gasteiger partial charge in [0.1, 0.15) is 6.61 Å². The molecule has 2 atom stereocenters. The number of alkyl halides is 2. The molecule has 5 heteroatoms. The predicted molar refractivity (Wildman–Crippen MR) is 76.7 cm³/mol. The van der Waals surface area contributed by atoms with Crippen LogP contribution in [0.1, 0.15) is 12.0 Å². The van der Waals surface area contributed by atoms with Crippen molar-refractivity contribution in [3.8, 4) is 0 Å². The molecule has 1 fully saturated rings. The van der Waals surface area contributed by atoms with Gasteiger partial charge in [-0.25, -0.2) is 4.79 Å². The van der Waals surface area contributed by atoms with Gasteiger partial charge in [0.2, 0.25) is 0 Å². The maximum atomic E-state index is 11.9. The molecule has 0 aromatic heterocycles. The minimum absolute atomic E-state index is 0.0875. The van der Waals surface area contributed by atoms with Gasteiger partial charge in [0.15, 0.2) is 0 Å². The summed E-state index contributed by atoms with van der Waals surface area (Å²) in [5.74, 6) is 0.822. The quantitative estimate of drug-likeness (QED) is 0.800. The van der Waals surface area contributed by atoms with Gasteiger partial charge in [-0.15, -0.1) is 23.2 Å². The second-order valence-corrected chi connectivity index (χ2v) is 5.57. The normalized spacial score (nSPS) is 23.2. The first-order chi connectivity index (χ1) is 9.20. The van der Waals surface area contributed by atoms with Crippen molar-refractivity contribution in [3.05, 3.63) is 35.9 Å². The summed E-state index contributed by atoms with van der Waals surface area (Å²) in [4.78, 5) is 13.6. The molecule has 0 saturated carbocycles. The molecular weight excluding hydrogens is 285 g/mol. The number of likely N-dealkylation sites (tertiary alicyclic amines) is 1. The van der Waals surface area contributed by atoms with Gasteiger partial charge in [0.05, 0.1) is 5.38 Å². The van der Waals surface area contributed by atoms with Gasteiger partial charge in [0, 0.05) is 19.0 Å². The van der Waals surface area contributed by atoms with Crippen molar-refractivity contribution in [1.29, 1.82) is 0 Å². The van der Waals surface area contributed by atoms with Gasteiger partial charge in [-0.3, -0.25) is 0 Å². The van der Waals surface area contributed by atoms with E-state index in [4.69, 9.17) is 27.9 Å². The van der Waals surface area contributed by atoms with Crippen LogP contribution in [0, 0.1) is 5.92 Å². The molecule has 3 nitrogen and oxygen atoms in total. The highest BCUT2D eigenvalue weighted by Crippen LogP contribution is 2.24. The second kappa shape index (κ2) is 7.01. The largest absolute Gasteiger partial charge is 0.445 e. The monoisotopic (exact) mass is 301 g/mol. The highest BCUT2D eigenvalue weighted by atomic mass is 35.5. The first kappa shape index (κ1) is 14.5. The highest BCUT2D eigenvalue weighted by molar-refractivity contribution is 6.23. The summed E-state index contributed by atoms with van der Waals surface area (Å²) in [5.41, 5.74) is 0.980. The third-order valence-corrected chi connectivity index (χ3v) is 4.23. The van der Waals surface area contributed by atoms with E-state index in [1.807, 2.05) is 30.3 Å². The summed E-state index contributed by atoms with van der Waals surface area (Å²) in [6.07, 6.45) is 0.528. The van der Waals surface area contributed by atoms with Crippen LogP contribution < -0.4 is 0 Å². The van der Waals surface area contributed by atoms with E-state index >= 15 is 0 Å². The number of hydrogen-bond donors (Lipinski definition) is 0. The minimum Gasteiger partial charge on any atom is -0.445 e. The van der Waals surface area contributed by atoms with E-state index in [-0.39, 0.29) is 17.4 Å². The Labute approximate surface area is 123 Å². The van der Waals surface area contributed by atoms with Gasteiger partial charge < -0.3 is 9.64 Å². The van der Waals surface area contributed by atoms with E-state index in [2.05, 4.69) is 0 Å². The fraction of sp³-hybridized carbons (Fsp3) is 0.500. The van der Waals surface area contributed by atoms with Crippen LogP contribution >= 0.6 is 23.2 Å². The van der Waals surface area contributed by atoms with E-state index in [1.54, 1.807) is 4.90 Å². The number of amides is 1. The third-order valence-electron chi connectivity index (χ3n) is 3.34. The average Bonchev–Trinajstić information content (AvgIpc) is 2.45. The first-order valence-corrected chi connectivity index (χ1v) is 7.33. The van der Waals surface area contributed by atoms with Crippen molar-refractivity contribution in [2.45, 2.75) is 18.4 Å². The Balaban J connectivity index is 1.81. The fourth-order valence-electron chi connectivity index (χ4n) is 2.10. The maximum Gasteiger partial charge on any atom is 0.410 e. The molecule has 1 amide bonds. The first-order valence-electron chi connectivity index (χ1n) is 6.36. The number of halogens is 2. The van der Waals surface area contributed by atoms with Crippen LogP contribution in [0.25, 0.3) is 0 Å². The molecule has 2 unspecified atom stereocenters. The molecule has 1 aromatic carbocycles. The SMILES string of the molecule is O=C(OCc1ccccc1)N1CCC(CCl)C(Cl)C1. The van der Waals surface area contributed by atoms with Gasteiger partial charge in [-0.05, 0) is 17.9 Å².